The van der Waals surface area contributed by atoms with Crippen LogP contribution in [0.1, 0.15) is 37.9 Å². The van der Waals surface area contributed by atoms with Gasteiger partial charge in [0.05, 0.1) is 17.5 Å². The molecule has 0 aliphatic heterocycles. The number of carbonyl (C=O) groups is 1. The van der Waals surface area contributed by atoms with E-state index in [-0.39, 0.29) is 0 Å². The minimum Gasteiger partial charge on any atom is -0.407 e. The van der Waals surface area contributed by atoms with Crippen LogP contribution in [0.25, 0.3) is 11.1 Å². The van der Waals surface area contributed by atoms with Gasteiger partial charge in [-0.05, 0) is 18.6 Å². The smallest absolute Gasteiger partial charge is 0.407 e. The fourth-order valence-corrected chi connectivity index (χ4v) is 2.21. The van der Waals surface area contributed by atoms with Crippen LogP contribution in [0.5, 0.6) is 0 Å². The second-order valence-corrected chi connectivity index (χ2v) is 5.01. The Bertz CT molecular complexity index is 655. The highest BCUT2D eigenvalue weighted by Gasteiger charge is 2.26. The summed E-state index contributed by atoms with van der Waals surface area (Å²) in [7, 11) is 0. The SMILES string of the molecule is CCCC[C@H](O)[C@@H](C)C(=O)n1c(=O)oc2ccccc21. The van der Waals surface area contributed by atoms with Crippen molar-refractivity contribution in [2.24, 2.45) is 5.92 Å². The maximum absolute atomic E-state index is 12.4. The number of hydrogen-bond donors (Lipinski definition) is 1. The number of aromatic nitrogens is 1. The van der Waals surface area contributed by atoms with Gasteiger partial charge in [0.15, 0.2) is 5.58 Å². The Morgan fingerprint density at radius 2 is 2.10 bits per heavy atom. The van der Waals surface area contributed by atoms with Gasteiger partial charge in [0.2, 0.25) is 5.91 Å². The zero-order chi connectivity index (χ0) is 14.7. The summed E-state index contributed by atoms with van der Waals surface area (Å²) in [5.41, 5.74) is 0.818. The van der Waals surface area contributed by atoms with Crippen molar-refractivity contribution < 1.29 is 14.3 Å². The molecule has 2 atom stereocenters. The fourth-order valence-electron chi connectivity index (χ4n) is 2.21. The number of rotatable bonds is 5. The first kappa shape index (κ1) is 14.5. The maximum Gasteiger partial charge on any atom is 0.426 e. The molecule has 2 rings (SSSR count). The molecular weight excluding hydrogens is 258 g/mol. The lowest BCUT2D eigenvalue weighted by atomic mass is 9.99. The molecule has 0 bridgehead atoms. The Morgan fingerprint density at radius 3 is 2.80 bits per heavy atom. The molecule has 1 heterocycles. The highest BCUT2D eigenvalue weighted by Crippen LogP contribution is 2.17. The summed E-state index contributed by atoms with van der Waals surface area (Å²) in [5.74, 6) is -1.77. The number of carbonyl (C=O) groups excluding carboxylic acids is 1. The lowest BCUT2D eigenvalue weighted by molar-refractivity contribution is 0.0600. The minimum absolute atomic E-state index is 0.376. The molecule has 0 unspecified atom stereocenters. The number of para-hydroxylation sites is 2. The number of benzene rings is 1. The van der Waals surface area contributed by atoms with Gasteiger partial charge in [0.25, 0.3) is 0 Å². The predicted molar refractivity (Wildman–Crippen MR) is 75.8 cm³/mol. The second kappa shape index (κ2) is 6.05. The average Bonchev–Trinajstić information content (AvgIpc) is 2.78. The monoisotopic (exact) mass is 277 g/mol. The molecule has 1 N–H and O–H groups in total. The van der Waals surface area contributed by atoms with Crippen LogP contribution >= 0.6 is 0 Å². The highest BCUT2D eigenvalue weighted by molar-refractivity contribution is 5.90. The zero-order valence-corrected chi connectivity index (χ0v) is 11.7. The van der Waals surface area contributed by atoms with Crippen molar-refractivity contribution in [3.05, 3.63) is 34.8 Å². The van der Waals surface area contributed by atoms with Crippen molar-refractivity contribution >= 4 is 17.0 Å². The Kier molecular flexibility index (Phi) is 4.39. The molecule has 5 nitrogen and oxygen atoms in total. The molecule has 20 heavy (non-hydrogen) atoms. The summed E-state index contributed by atoms with van der Waals surface area (Å²) in [6.07, 6.45) is 1.60. The lowest BCUT2D eigenvalue weighted by Crippen LogP contribution is -2.34. The maximum atomic E-state index is 12.4. The Labute approximate surface area is 116 Å². The van der Waals surface area contributed by atoms with E-state index in [0.29, 0.717) is 17.5 Å². The van der Waals surface area contributed by atoms with Gasteiger partial charge in [-0.2, -0.15) is 0 Å². The predicted octanol–water partition coefficient (Wildman–Crippen LogP) is 2.42. The summed E-state index contributed by atoms with van der Waals surface area (Å²) in [6.45, 7) is 3.66. The largest absolute Gasteiger partial charge is 0.426 e. The number of aliphatic hydroxyl groups is 1. The molecule has 1 aromatic carbocycles. The standard InChI is InChI=1S/C15H19NO4/c1-3-4-8-12(17)10(2)14(18)16-11-7-5-6-9-13(11)20-15(16)19/h5-7,9-10,12,17H,3-4,8H2,1-2H3/t10-,12+/m1/s1. The van der Waals surface area contributed by atoms with Gasteiger partial charge in [0, 0.05) is 0 Å². The molecule has 0 aliphatic rings. The molecule has 0 radical (unpaired) electrons. The topological polar surface area (TPSA) is 72.4 Å². The molecular formula is C15H19NO4. The van der Waals surface area contributed by atoms with E-state index in [9.17, 15) is 14.7 Å². The summed E-state index contributed by atoms with van der Waals surface area (Å²) >= 11 is 0. The van der Waals surface area contributed by atoms with Crippen LogP contribution in [0, 0.1) is 5.92 Å². The summed E-state index contributed by atoms with van der Waals surface area (Å²) < 4.78 is 6.05. The summed E-state index contributed by atoms with van der Waals surface area (Å²) in [6, 6.07) is 6.76. The average molecular weight is 277 g/mol. The number of aliphatic hydroxyl groups excluding tert-OH is 1. The lowest BCUT2D eigenvalue weighted by Gasteiger charge is -2.17. The van der Waals surface area contributed by atoms with Crippen molar-refractivity contribution in [3.63, 3.8) is 0 Å². The highest BCUT2D eigenvalue weighted by atomic mass is 16.4. The number of hydrogen-bond acceptors (Lipinski definition) is 4. The van der Waals surface area contributed by atoms with Crippen molar-refractivity contribution in [1.82, 2.24) is 4.57 Å². The van der Waals surface area contributed by atoms with Crippen LogP contribution in [0.2, 0.25) is 0 Å². The van der Waals surface area contributed by atoms with E-state index in [1.807, 2.05) is 6.92 Å². The second-order valence-electron chi connectivity index (χ2n) is 5.01. The van der Waals surface area contributed by atoms with E-state index < -0.39 is 23.7 Å². The van der Waals surface area contributed by atoms with Gasteiger partial charge in [0.1, 0.15) is 0 Å². The van der Waals surface area contributed by atoms with Crippen LogP contribution in [-0.2, 0) is 0 Å². The molecule has 108 valence electrons. The van der Waals surface area contributed by atoms with Gasteiger partial charge >= 0.3 is 5.76 Å². The first-order chi connectivity index (χ1) is 9.56. The quantitative estimate of drug-likeness (QED) is 0.911. The summed E-state index contributed by atoms with van der Waals surface area (Å²) in [5, 5.41) is 10.0. The van der Waals surface area contributed by atoms with Gasteiger partial charge in [-0.1, -0.05) is 38.8 Å². The van der Waals surface area contributed by atoms with Crippen molar-refractivity contribution in [2.45, 2.75) is 39.2 Å². The van der Waals surface area contributed by atoms with Crippen LogP contribution in [0.3, 0.4) is 0 Å². The molecule has 0 fully saturated rings. The molecule has 0 spiro atoms. The van der Waals surface area contributed by atoms with E-state index in [1.165, 1.54) is 0 Å². The van der Waals surface area contributed by atoms with Crippen LogP contribution < -0.4 is 5.76 Å². The molecule has 1 aromatic heterocycles. The van der Waals surface area contributed by atoms with E-state index in [1.54, 1.807) is 31.2 Å². The van der Waals surface area contributed by atoms with E-state index in [2.05, 4.69) is 0 Å². The molecule has 0 amide bonds. The van der Waals surface area contributed by atoms with Crippen molar-refractivity contribution in [2.75, 3.05) is 0 Å². The van der Waals surface area contributed by atoms with E-state index >= 15 is 0 Å². The Balaban J connectivity index is 2.31. The molecule has 0 saturated heterocycles. The normalized spacial score (nSPS) is 14.3. The Hall–Kier alpha value is -1.88. The van der Waals surface area contributed by atoms with Crippen molar-refractivity contribution in [1.29, 1.82) is 0 Å². The van der Waals surface area contributed by atoms with E-state index in [4.69, 9.17) is 4.42 Å². The molecule has 5 heteroatoms. The Morgan fingerprint density at radius 1 is 1.40 bits per heavy atom. The third kappa shape index (κ3) is 2.67. The van der Waals surface area contributed by atoms with Gasteiger partial charge in [-0.25, -0.2) is 9.36 Å². The third-order valence-corrected chi connectivity index (χ3v) is 3.53. The number of fused-ring (bicyclic) bond motifs is 1. The first-order valence-electron chi connectivity index (χ1n) is 6.89. The molecule has 2 aromatic rings. The number of unbranched alkanes of at least 4 members (excludes halogenated alkanes) is 1. The fraction of sp³-hybridized carbons (Fsp3) is 0.467. The minimum atomic E-state index is -0.747. The van der Waals surface area contributed by atoms with E-state index in [0.717, 1.165) is 17.4 Å². The third-order valence-electron chi connectivity index (χ3n) is 3.53. The van der Waals surface area contributed by atoms with Gasteiger partial charge in [-0.15, -0.1) is 0 Å². The zero-order valence-electron chi connectivity index (χ0n) is 11.7. The van der Waals surface area contributed by atoms with Crippen molar-refractivity contribution in [3.8, 4) is 0 Å². The van der Waals surface area contributed by atoms with Gasteiger partial charge < -0.3 is 9.52 Å². The number of nitrogens with zero attached hydrogens (tertiary/aromatic N) is 1. The van der Waals surface area contributed by atoms with Crippen LogP contribution in [0.4, 0.5) is 0 Å². The molecule has 0 aliphatic carbocycles. The van der Waals surface area contributed by atoms with Crippen LogP contribution in [0.15, 0.2) is 33.5 Å². The number of oxazole rings is 1. The van der Waals surface area contributed by atoms with Gasteiger partial charge in [-0.3, -0.25) is 4.79 Å². The van der Waals surface area contributed by atoms with Crippen LogP contribution in [-0.4, -0.2) is 21.7 Å². The first-order valence-corrected chi connectivity index (χ1v) is 6.89. The molecule has 0 saturated carbocycles. The summed E-state index contributed by atoms with van der Waals surface area (Å²) in [4.78, 5) is 24.2.